The second-order valence-corrected chi connectivity index (χ2v) is 7.44. The predicted octanol–water partition coefficient (Wildman–Crippen LogP) is 1.95. The molecule has 0 aliphatic carbocycles. The molecular formula is C13H24N2O3S2. The van der Waals surface area contributed by atoms with Crippen LogP contribution in [-0.4, -0.2) is 34.2 Å². The Hall–Kier alpha value is -0.470. The van der Waals surface area contributed by atoms with E-state index in [-0.39, 0.29) is 12.6 Å². The van der Waals surface area contributed by atoms with Crippen molar-refractivity contribution in [2.75, 3.05) is 19.7 Å². The molecule has 0 spiro atoms. The number of rotatable bonds is 10. The highest BCUT2D eigenvalue weighted by molar-refractivity contribution is 7.89. The van der Waals surface area contributed by atoms with E-state index < -0.39 is 10.0 Å². The summed E-state index contributed by atoms with van der Waals surface area (Å²) in [5.74, 6) is 0. The number of hydrogen-bond donors (Lipinski definition) is 2. The maximum Gasteiger partial charge on any atom is 0.241 e. The van der Waals surface area contributed by atoms with Crippen molar-refractivity contribution < 1.29 is 13.2 Å². The maximum absolute atomic E-state index is 12.2. The lowest BCUT2D eigenvalue weighted by Crippen LogP contribution is -2.29. The number of ether oxygens (including phenoxy) is 1. The molecule has 0 saturated carbocycles. The van der Waals surface area contributed by atoms with E-state index in [4.69, 9.17) is 4.74 Å². The minimum atomic E-state index is -3.44. The van der Waals surface area contributed by atoms with Gasteiger partial charge in [0, 0.05) is 18.0 Å². The molecule has 1 rings (SSSR count). The van der Waals surface area contributed by atoms with Crippen LogP contribution in [0.2, 0.25) is 0 Å². The van der Waals surface area contributed by atoms with Crippen LogP contribution in [0.15, 0.2) is 16.3 Å². The molecule has 0 unspecified atom stereocenters. The Morgan fingerprint density at radius 1 is 1.35 bits per heavy atom. The first-order valence-corrected chi connectivity index (χ1v) is 9.22. The second-order valence-electron chi connectivity index (χ2n) is 4.70. The monoisotopic (exact) mass is 320 g/mol. The van der Waals surface area contributed by atoms with Gasteiger partial charge in [0.05, 0.1) is 17.6 Å². The average molecular weight is 320 g/mol. The van der Waals surface area contributed by atoms with Crippen molar-refractivity contribution in [2.45, 2.75) is 44.7 Å². The summed E-state index contributed by atoms with van der Waals surface area (Å²) in [6, 6.07) is 1.65. The summed E-state index contributed by atoms with van der Waals surface area (Å²) in [6.45, 7) is 8.06. The van der Waals surface area contributed by atoms with Crippen molar-refractivity contribution in [1.29, 1.82) is 0 Å². The van der Waals surface area contributed by atoms with Crippen molar-refractivity contribution >= 4 is 21.4 Å². The summed E-state index contributed by atoms with van der Waals surface area (Å²) < 4.78 is 32.3. The van der Waals surface area contributed by atoms with E-state index in [0.29, 0.717) is 18.0 Å². The van der Waals surface area contributed by atoms with Crippen LogP contribution in [0.4, 0.5) is 0 Å². The van der Waals surface area contributed by atoms with Crippen LogP contribution < -0.4 is 10.0 Å². The van der Waals surface area contributed by atoms with Gasteiger partial charge in [0.15, 0.2) is 0 Å². The third-order valence-electron chi connectivity index (χ3n) is 2.55. The molecule has 20 heavy (non-hydrogen) atoms. The first-order chi connectivity index (χ1) is 9.47. The largest absolute Gasteiger partial charge is 0.377 e. The SMILES string of the molecule is CCCNCc1sccc1S(=O)(=O)NCCOC(C)C. The molecule has 0 amide bonds. The van der Waals surface area contributed by atoms with Gasteiger partial charge in [0.1, 0.15) is 0 Å². The number of thiophene rings is 1. The van der Waals surface area contributed by atoms with Crippen LogP contribution >= 0.6 is 11.3 Å². The van der Waals surface area contributed by atoms with Crippen molar-refractivity contribution in [3.05, 3.63) is 16.3 Å². The van der Waals surface area contributed by atoms with E-state index in [9.17, 15) is 8.42 Å². The zero-order chi connectivity index (χ0) is 15.0. The summed E-state index contributed by atoms with van der Waals surface area (Å²) in [4.78, 5) is 1.21. The Morgan fingerprint density at radius 3 is 2.75 bits per heavy atom. The van der Waals surface area contributed by atoms with Gasteiger partial charge in [0.2, 0.25) is 10.0 Å². The molecule has 0 atom stereocenters. The molecule has 0 aliphatic rings. The Morgan fingerprint density at radius 2 is 2.10 bits per heavy atom. The smallest absolute Gasteiger partial charge is 0.241 e. The summed E-state index contributed by atoms with van der Waals surface area (Å²) in [5.41, 5.74) is 0. The normalized spacial score (nSPS) is 12.2. The minimum Gasteiger partial charge on any atom is -0.377 e. The number of sulfonamides is 1. The van der Waals surface area contributed by atoms with E-state index in [1.54, 1.807) is 6.07 Å². The minimum absolute atomic E-state index is 0.106. The zero-order valence-electron chi connectivity index (χ0n) is 12.3. The molecule has 1 heterocycles. The molecule has 0 radical (unpaired) electrons. The number of hydrogen-bond acceptors (Lipinski definition) is 5. The van der Waals surface area contributed by atoms with Gasteiger partial charge < -0.3 is 10.1 Å². The quantitative estimate of drug-likeness (QED) is 0.647. The van der Waals surface area contributed by atoms with Gasteiger partial charge in [-0.3, -0.25) is 0 Å². The van der Waals surface area contributed by atoms with Crippen LogP contribution in [0.5, 0.6) is 0 Å². The van der Waals surface area contributed by atoms with Crippen LogP contribution in [0.1, 0.15) is 32.1 Å². The third kappa shape index (κ3) is 5.88. The Labute approximate surface area is 125 Å². The lowest BCUT2D eigenvalue weighted by atomic mass is 10.4. The molecule has 2 N–H and O–H groups in total. The number of nitrogens with one attached hydrogen (secondary N) is 2. The van der Waals surface area contributed by atoms with Gasteiger partial charge >= 0.3 is 0 Å². The lowest BCUT2D eigenvalue weighted by Gasteiger charge is -2.10. The molecule has 0 saturated heterocycles. The van der Waals surface area contributed by atoms with Crippen LogP contribution in [0, 0.1) is 0 Å². The van der Waals surface area contributed by atoms with Gasteiger partial charge in [-0.15, -0.1) is 11.3 Å². The van der Waals surface area contributed by atoms with E-state index in [1.807, 2.05) is 19.2 Å². The first kappa shape index (κ1) is 17.6. The fraction of sp³-hybridized carbons (Fsp3) is 0.692. The highest BCUT2D eigenvalue weighted by Crippen LogP contribution is 2.21. The van der Waals surface area contributed by atoms with Gasteiger partial charge in [0.25, 0.3) is 0 Å². The molecular weight excluding hydrogens is 296 g/mol. The molecule has 116 valence electrons. The maximum atomic E-state index is 12.2. The summed E-state index contributed by atoms with van der Waals surface area (Å²) in [6.07, 6.45) is 1.13. The molecule has 1 aromatic heterocycles. The first-order valence-electron chi connectivity index (χ1n) is 6.85. The Kier molecular flexibility index (Phi) is 7.68. The molecule has 5 nitrogen and oxygen atoms in total. The van der Waals surface area contributed by atoms with Crippen molar-refractivity contribution in [1.82, 2.24) is 10.0 Å². The van der Waals surface area contributed by atoms with Crippen molar-refractivity contribution in [3.8, 4) is 0 Å². The summed E-state index contributed by atoms with van der Waals surface area (Å²) in [7, 11) is -3.44. The van der Waals surface area contributed by atoms with E-state index >= 15 is 0 Å². The zero-order valence-corrected chi connectivity index (χ0v) is 13.9. The van der Waals surface area contributed by atoms with E-state index in [1.165, 1.54) is 11.3 Å². The molecule has 0 aliphatic heterocycles. The molecule has 1 aromatic rings. The van der Waals surface area contributed by atoms with Crippen molar-refractivity contribution in [2.24, 2.45) is 0 Å². The van der Waals surface area contributed by atoms with Gasteiger partial charge in [-0.05, 0) is 38.3 Å². The Bertz CT molecular complexity index is 484. The van der Waals surface area contributed by atoms with Crippen LogP contribution in [-0.2, 0) is 21.3 Å². The van der Waals surface area contributed by atoms with Crippen LogP contribution in [0.3, 0.4) is 0 Å². The topological polar surface area (TPSA) is 67.4 Å². The third-order valence-corrected chi connectivity index (χ3v) is 5.15. The predicted molar refractivity (Wildman–Crippen MR) is 82.6 cm³/mol. The van der Waals surface area contributed by atoms with Gasteiger partial charge in [-0.1, -0.05) is 6.92 Å². The molecule has 0 aromatic carbocycles. The molecule has 7 heteroatoms. The van der Waals surface area contributed by atoms with E-state index in [0.717, 1.165) is 17.8 Å². The highest BCUT2D eigenvalue weighted by Gasteiger charge is 2.18. The Balaban J connectivity index is 2.56. The molecule has 0 fully saturated rings. The van der Waals surface area contributed by atoms with Gasteiger partial charge in [-0.2, -0.15) is 0 Å². The fourth-order valence-corrected chi connectivity index (χ4v) is 4.05. The second kappa shape index (κ2) is 8.74. The molecule has 0 bridgehead atoms. The lowest BCUT2D eigenvalue weighted by molar-refractivity contribution is 0.0834. The standard InChI is InChI=1S/C13H24N2O3S2/c1-4-6-14-10-12-13(5-9-19-12)20(16,17)15-7-8-18-11(2)3/h5,9,11,14-15H,4,6-8,10H2,1-3H3. The van der Waals surface area contributed by atoms with Gasteiger partial charge in [-0.25, -0.2) is 13.1 Å². The van der Waals surface area contributed by atoms with Crippen LogP contribution in [0.25, 0.3) is 0 Å². The highest BCUT2D eigenvalue weighted by atomic mass is 32.2. The summed E-state index contributed by atoms with van der Waals surface area (Å²) >= 11 is 1.46. The summed E-state index contributed by atoms with van der Waals surface area (Å²) in [5, 5.41) is 5.03. The fourth-order valence-electron chi connectivity index (χ4n) is 1.62. The van der Waals surface area contributed by atoms with Crippen molar-refractivity contribution in [3.63, 3.8) is 0 Å². The average Bonchev–Trinajstić information content (AvgIpc) is 2.84. The van der Waals surface area contributed by atoms with E-state index in [2.05, 4.69) is 17.0 Å².